The molecular formula is C24H26N4O4S. The van der Waals surface area contributed by atoms with Crippen LogP contribution >= 0.6 is 11.8 Å². The normalized spacial score (nSPS) is 19.2. The summed E-state index contributed by atoms with van der Waals surface area (Å²) in [5.41, 5.74) is 3.26. The fraction of sp³-hybridized carbons (Fsp3) is 0.333. The van der Waals surface area contributed by atoms with Gasteiger partial charge in [0.25, 0.3) is 5.91 Å². The maximum Gasteiger partial charge on any atom is 0.271 e. The Morgan fingerprint density at radius 1 is 1.15 bits per heavy atom. The van der Waals surface area contributed by atoms with Crippen LogP contribution in [0.5, 0.6) is 5.75 Å². The molecule has 0 saturated carbocycles. The number of hydrazone groups is 1. The van der Waals surface area contributed by atoms with E-state index in [0.717, 1.165) is 34.3 Å². The summed E-state index contributed by atoms with van der Waals surface area (Å²) >= 11 is 1.08. The van der Waals surface area contributed by atoms with Crippen molar-refractivity contribution in [2.24, 2.45) is 5.10 Å². The number of aryl methyl sites for hydroxylation is 1. The molecule has 0 fully saturated rings. The molecule has 33 heavy (non-hydrogen) atoms. The smallest absolute Gasteiger partial charge is 0.271 e. The Labute approximate surface area is 197 Å². The maximum atomic E-state index is 14.0. The highest BCUT2D eigenvalue weighted by Crippen LogP contribution is 2.55. The van der Waals surface area contributed by atoms with Crippen LogP contribution < -0.4 is 15.0 Å². The van der Waals surface area contributed by atoms with Crippen molar-refractivity contribution in [3.8, 4) is 5.75 Å². The van der Waals surface area contributed by atoms with E-state index in [2.05, 4.69) is 10.4 Å². The molecule has 2 aliphatic rings. The van der Waals surface area contributed by atoms with Crippen LogP contribution in [0.15, 0.2) is 47.6 Å². The van der Waals surface area contributed by atoms with E-state index in [1.165, 1.54) is 18.9 Å². The van der Waals surface area contributed by atoms with Crippen molar-refractivity contribution in [2.45, 2.75) is 52.1 Å². The fourth-order valence-corrected chi connectivity index (χ4v) is 5.46. The van der Waals surface area contributed by atoms with Crippen molar-refractivity contribution in [1.82, 2.24) is 10.3 Å². The zero-order valence-corrected chi connectivity index (χ0v) is 20.0. The number of benzene rings is 2. The van der Waals surface area contributed by atoms with Crippen molar-refractivity contribution < 1.29 is 19.1 Å². The maximum absolute atomic E-state index is 14.0. The van der Waals surface area contributed by atoms with E-state index in [1.807, 2.05) is 63.2 Å². The minimum absolute atomic E-state index is 0.0696. The number of carbonyl (C=O) groups is 3. The Morgan fingerprint density at radius 2 is 1.85 bits per heavy atom. The van der Waals surface area contributed by atoms with Crippen LogP contribution in [0, 0.1) is 6.92 Å². The predicted molar refractivity (Wildman–Crippen MR) is 128 cm³/mol. The fourth-order valence-electron chi connectivity index (χ4n) is 4.13. The molecule has 2 aromatic carbocycles. The Kier molecular flexibility index (Phi) is 5.92. The summed E-state index contributed by atoms with van der Waals surface area (Å²) in [6.07, 6.45) is 0.0696. The molecular weight excluding hydrogens is 440 g/mol. The van der Waals surface area contributed by atoms with Gasteiger partial charge in [-0.05, 0) is 55.8 Å². The Morgan fingerprint density at radius 3 is 2.45 bits per heavy atom. The number of nitrogens with one attached hydrogen (secondary N) is 1. The van der Waals surface area contributed by atoms with E-state index >= 15 is 0 Å². The molecule has 2 aliphatic heterocycles. The summed E-state index contributed by atoms with van der Waals surface area (Å²) in [5.74, 6) is -0.228. The molecule has 1 spiro atoms. The van der Waals surface area contributed by atoms with Crippen LogP contribution in [-0.4, -0.2) is 34.0 Å². The van der Waals surface area contributed by atoms with E-state index in [9.17, 15) is 14.4 Å². The quantitative estimate of drug-likeness (QED) is 0.745. The summed E-state index contributed by atoms with van der Waals surface area (Å²) < 4.78 is 5.72. The molecule has 1 unspecified atom stereocenters. The molecule has 0 bridgehead atoms. The number of ether oxygens (including phenoxy) is 1. The first-order valence-corrected chi connectivity index (χ1v) is 11.5. The third-order valence-electron chi connectivity index (χ3n) is 5.36. The third-order valence-corrected chi connectivity index (χ3v) is 6.60. The lowest BCUT2D eigenvalue weighted by Gasteiger charge is -2.29. The zero-order valence-electron chi connectivity index (χ0n) is 19.2. The summed E-state index contributed by atoms with van der Waals surface area (Å²) in [6.45, 7) is 8.91. The molecule has 0 aromatic heterocycles. The summed E-state index contributed by atoms with van der Waals surface area (Å²) in [6, 6.07) is 13.3. The van der Waals surface area contributed by atoms with Crippen molar-refractivity contribution in [1.29, 1.82) is 0 Å². The average Bonchev–Trinajstić information content (AvgIpc) is 3.22. The van der Waals surface area contributed by atoms with E-state index in [-0.39, 0.29) is 29.0 Å². The number of hydrogen-bond acceptors (Lipinski definition) is 6. The van der Waals surface area contributed by atoms with Gasteiger partial charge in [-0.1, -0.05) is 30.3 Å². The topological polar surface area (TPSA) is 91.3 Å². The molecule has 0 saturated heterocycles. The first-order valence-electron chi connectivity index (χ1n) is 10.7. The van der Waals surface area contributed by atoms with Crippen LogP contribution in [0.1, 0.15) is 44.4 Å². The minimum Gasteiger partial charge on any atom is -0.491 e. The lowest BCUT2D eigenvalue weighted by atomic mass is 10.0. The third kappa shape index (κ3) is 3.97. The number of carbonyl (C=O) groups excluding carboxylic acids is 3. The number of thioether (sulfide) groups is 1. The summed E-state index contributed by atoms with van der Waals surface area (Å²) in [4.78, 5) is 38.5. The van der Waals surface area contributed by atoms with Gasteiger partial charge in [-0.15, -0.1) is 5.10 Å². The minimum atomic E-state index is -1.40. The number of fused-ring (bicyclic) bond motifs is 2. The van der Waals surface area contributed by atoms with E-state index in [1.54, 1.807) is 4.90 Å². The van der Waals surface area contributed by atoms with Crippen molar-refractivity contribution >= 4 is 40.3 Å². The van der Waals surface area contributed by atoms with Crippen LogP contribution in [0.4, 0.5) is 5.69 Å². The zero-order chi connectivity index (χ0) is 23.9. The first kappa shape index (κ1) is 22.8. The number of amides is 3. The van der Waals surface area contributed by atoms with Gasteiger partial charge < -0.3 is 15.0 Å². The van der Waals surface area contributed by atoms with Gasteiger partial charge in [-0.25, -0.2) is 0 Å². The molecule has 4 rings (SSSR count). The highest BCUT2D eigenvalue weighted by Gasteiger charge is 2.61. The molecule has 0 radical (unpaired) electrons. The van der Waals surface area contributed by atoms with E-state index in [0.29, 0.717) is 12.1 Å². The largest absolute Gasteiger partial charge is 0.491 e. The lowest BCUT2D eigenvalue weighted by Crippen LogP contribution is -2.48. The lowest BCUT2D eigenvalue weighted by molar-refractivity contribution is -0.139. The molecule has 1 atom stereocenters. The summed E-state index contributed by atoms with van der Waals surface area (Å²) in [5, 5.41) is 8.32. The monoisotopic (exact) mass is 466 g/mol. The highest BCUT2D eigenvalue weighted by atomic mass is 32.2. The van der Waals surface area contributed by atoms with Gasteiger partial charge in [0.1, 0.15) is 5.75 Å². The molecule has 0 aliphatic carbocycles. The van der Waals surface area contributed by atoms with Crippen LogP contribution in [0.25, 0.3) is 0 Å². The second-order valence-corrected chi connectivity index (χ2v) is 9.52. The van der Waals surface area contributed by atoms with Gasteiger partial charge in [0.15, 0.2) is 5.17 Å². The molecule has 2 aromatic rings. The molecule has 1 N–H and O–H groups in total. The van der Waals surface area contributed by atoms with Crippen molar-refractivity contribution in [3.05, 3.63) is 59.2 Å². The van der Waals surface area contributed by atoms with Crippen LogP contribution in [0.3, 0.4) is 0 Å². The Bertz CT molecular complexity index is 1160. The van der Waals surface area contributed by atoms with Gasteiger partial charge in [-0.3, -0.25) is 14.4 Å². The van der Waals surface area contributed by atoms with Crippen molar-refractivity contribution in [2.75, 3.05) is 4.90 Å². The van der Waals surface area contributed by atoms with Gasteiger partial charge in [-0.2, -0.15) is 5.01 Å². The van der Waals surface area contributed by atoms with Gasteiger partial charge in [0.05, 0.1) is 18.3 Å². The number of nitrogens with zero attached hydrogens (tertiary/aromatic N) is 3. The van der Waals surface area contributed by atoms with Gasteiger partial charge in [0, 0.05) is 19.4 Å². The van der Waals surface area contributed by atoms with Crippen LogP contribution in [-0.2, 0) is 25.8 Å². The molecule has 9 heteroatoms. The second kappa shape index (κ2) is 8.55. The number of anilines is 1. The molecule has 2 heterocycles. The number of rotatable bonds is 4. The molecule has 8 nitrogen and oxygen atoms in total. The number of para-hydroxylation sites is 1. The first-order chi connectivity index (χ1) is 15.6. The molecule has 172 valence electrons. The Balaban J connectivity index is 1.74. The SMILES string of the molecule is CC(=O)NC1=NN(C(C)=O)C2(S1)C(=O)N(Cc1ccc(OC(C)C)cc1)c1c(C)cccc12. The van der Waals surface area contributed by atoms with E-state index in [4.69, 9.17) is 4.74 Å². The number of amidine groups is 1. The second-order valence-electron chi connectivity index (χ2n) is 8.34. The van der Waals surface area contributed by atoms with Gasteiger partial charge in [0.2, 0.25) is 16.7 Å². The summed E-state index contributed by atoms with van der Waals surface area (Å²) in [7, 11) is 0. The number of hydrogen-bond donors (Lipinski definition) is 1. The van der Waals surface area contributed by atoms with Crippen LogP contribution in [0.2, 0.25) is 0 Å². The standard InChI is InChI=1S/C24H26N4O4S/c1-14(2)32-19-11-9-18(10-12-19)13-27-21-15(3)7-6-8-20(21)24(22(27)31)28(17(5)30)26-23(33-24)25-16(4)29/h6-12,14H,13H2,1-5H3,(H,25,26,29). The van der Waals surface area contributed by atoms with Crippen molar-refractivity contribution in [3.63, 3.8) is 0 Å². The van der Waals surface area contributed by atoms with Gasteiger partial charge >= 0.3 is 0 Å². The van der Waals surface area contributed by atoms with E-state index < -0.39 is 4.87 Å². The Hall–Kier alpha value is -3.33. The predicted octanol–water partition coefficient (Wildman–Crippen LogP) is 3.48. The highest BCUT2D eigenvalue weighted by molar-refractivity contribution is 8.15. The molecule has 3 amide bonds. The average molecular weight is 467 g/mol.